The Hall–Kier alpha value is -2.68. The normalized spacial score (nSPS) is 22.6. The van der Waals surface area contributed by atoms with Crippen molar-refractivity contribution >= 4 is 28.7 Å². The molecule has 1 N–H and O–H groups in total. The van der Waals surface area contributed by atoms with Crippen LogP contribution in [0.25, 0.3) is 11.3 Å². The van der Waals surface area contributed by atoms with Crippen molar-refractivity contribution < 1.29 is 14.3 Å². The third kappa shape index (κ3) is 3.10. The van der Waals surface area contributed by atoms with Crippen molar-refractivity contribution in [2.24, 2.45) is 0 Å². The molecule has 4 rings (SSSR count). The van der Waals surface area contributed by atoms with Gasteiger partial charge in [0.2, 0.25) is 0 Å². The lowest BCUT2D eigenvalue weighted by molar-refractivity contribution is 0.00498. The number of piperidine rings is 1. The minimum atomic E-state index is -0.602. The van der Waals surface area contributed by atoms with Gasteiger partial charge in [-0.15, -0.1) is 5.10 Å². The van der Waals surface area contributed by atoms with Crippen molar-refractivity contribution in [1.82, 2.24) is 19.4 Å². The Kier molecular flexibility index (Phi) is 4.23. The molecule has 0 aliphatic carbocycles. The number of benzene rings is 1. The van der Waals surface area contributed by atoms with E-state index in [-0.39, 0.29) is 12.1 Å². The molecule has 2 aromatic rings. The summed E-state index contributed by atoms with van der Waals surface area (Å²) in [5, 5.41) is 7.66. The van der Waals surface area contributed by atoms with Gasteiger partial charge in [-0.25, -0.2) is 9.59 Å². The monoisotopic (exact) mass is 373 g/mol. The summed E-state index contributed by atoms with van der Waals surface area (Å²) in [5.41, 5.74) is 0.955. The third-order valence-corrected chi connectivity index (χ3v) is 5.36. The van der Waals surface area contributed by atoms with E-state index in [1.54, 1.807) is 16.8 Å². The van der Waals surface area contributed by atoms with Gasteiger partial charge in [0.25, 0.3) is 0 Å². The Bertz CT molecular complexity index is 827. The molecule has 1 aromatic carbocycles. The lowest BCUT2D eigenvalue weighted by atomic mass is 9.93. The first-order chi connectivity index (χ1) is 12.6. The fourth-order valence-corrected chi connectivity index (χ4v) is 4.09. The molecule has 8 nitrogen and oxygen atoms in total. The average molecular weight is 373 g/mol. The van der Waals surface area contributed by atoms with E-state index in [2.05, 4.69) is 14.9 Å². The van der Waals surface area contributed by atoms with Crippen LogP contribution in [0.2, 0.25) is 0 Å². The highest BCUT2D eigenvalue weighted by molar-refractivity contribution is 7.10. The fraction of sp³-hybridized carbons (Fsp3) is 0.412. The summed E-state index contributed by atoms with van der Waals surface area (Å²) in [7, 11) is 1.71. The summed E-state index contributed by atoms with van der Waals surface area (Å²) in [4.78, 5) is 27.8. The van der Waals surface area contributed by atoms with Crippen molar-refractivity contribution in [2.45, 2.75) is 18.4 Å². The van der Waals surface area contributed by atoms with Gasteiger partial charge in [0.05, 0.1) is 13.1 Å². The molecule has 0 saturated carbocycles. The number of hydrogen-bond donors (Lipinski definition) is 1. The number of ether oxygens (including phenoxy) is 1. The Balaban J connectivity index is 1.48. The van der Waals surface area contributed by atoms with E-state index in [0.717, 1.165) is 29.9 Å². The van der Waals surface area contributed by atoms with Crippen molar-refractivity contribution in [2.75, 3.05) is 32.0 Å². The number of hydrogen-bond acceptors (Lipinski definition) is 6. The van der Waals surface area contributed by atoms with Crippen LogP contribution in [0.5, 0.6) is 0 Å². The molecule has 1 spiro atoms. The lowest BCUT2D eigenvalue weighted by Crippen LogP contribution is -2.53. The van der Waals surface area contributed by atoms with Gasteiger partial charge in [-0.2, -0.15) is 0 Å². The molecular formula is C17H19N5O3S. The maximum Gasteiger partial charge on any atom is 0.410 e. The number of aromatic nitrogens is 2. The Morgan fingerprint density at radius 1 is 1.31 bits per heavy atom. The van der Waals surface area contributed by atoms with Crippen LogP contribution in [-0.4, -0.2) is 63.8 Å². The van der Waals surface area contributed by atoms with Crippen LogP contribution in [0.3, 0.4) is 0 Å². The van der Waals surface area contributed by atoms with Crippen LogP contribution < -0.4 is 5.32 Å². The number of nitrogens with one attached hydrogen (secondary N) is 1. The number of carbonyl (C=O) groups is 2. The molecule has 2 saturated heterocycles. The fourth-order valence-electron chi connectivity index (χ4n) is 3.51. The Morgan fingerprint density at radius 2 is 2.12 bits per heavy atom. The summed E-state index contributed by atoms with van der Waals surface area (Å²) in [5.74, 6) is 0. The number of likely N-dealkylation sites (tertiary alicyclic amines) is 1. The van der Waals surface area contributed by atoms with E-state index in [0.29, 0.717) is 30.3 Å². The van der Waals surface area contributed by atoms with E-state index in [9.17, 15) is 9.59 Å². The summed E-state index contributed by atoms with van der Waals surface area (Å²) >= 11 is 1.15. The van der Waals surface area contributed by atoms with Crippen LogP contribution in [0.1, 0.15) is 12.8 Å². The van der Waals surface area contributed by atoms with Gasteiger partial charge < -0.3 is 14.5 Å². The number of amides is 3. The first kappa shape index (κ1) is 16.8. The molecule has 136 valence electrons. The summed E-state index contributed by atoms with van der Waals surface area (Å²) in [6, 6.07) is 9.39. The molecule has 0 radical (unpaired) electrons. The molecule has 3 heterocycles. The Labute approximate surface area is 154 Å². The van der Waals surface area contributed by atoms with Crippen molar-refractivity contribution in [3.05, 3.63) is 30.3 Å². The number of carbonyl (C=O) groups excluding carboxylic acids is 2. The van der Waals surface area contributed by atoms with Gasteiger partial charge in [0.1, 0.15) is 16.3 Å². The zero-order chi connectivity index (χ0) is 18.1. The lowest BCUT2D eigenvalue weighted by Gasteiger charge is -2.38. The number of anilines is 1. The summed E-state index contributed by atoms with van der Waals surface area (Å²) < 4.78 is 9.52. The van der Waals surface area contributed by atoms with E-state index in [1.807, 2.05) is 30.3 Å². The van der Waals surface area contributed by atoms with Gasteiger partial charge in [-0.1, -0.05) is 34.8 Å². The summed E-state index contributed by atoms with van der Waals surface area (Å²) in [6.45, 7) is 1.52. The topological polar surface area (TPSA) is 87.7 Å². The number of likely N-dealkylation sites (N-methyl/N-ethyl adjacent to an activating group) is 1. The van der Waals surface area contributed by atoms with E-state index in [1.165, 1.54) is 0 Å². The second-order valence-electron chi connectivity index (χ2n) is 6.68. The molecule has 3 amide bonds. The number of nitrogens with zero attached hydrogens (tertiary/aromatic N) is 4. The van der Waals surface area contributed by atoms with E-state index >= 15 is 0 Å². The molecule has 2 aliphatic rings. The molecule has 1 atom stereocenters. The van der Waals surface area contributed by atoms with Gasteiger partial charge in [0.15, 0.2) is 0 Å². The van der Waals surface area contributed by atoms with Gasteiger partial charge in [-0.3, -0.25) is 5.32 Å². The van der Waals surface area contributed by atoms with Crippen LogP contribution in [0.4, 0.5) is 14.6 Å². The first-order valence-corrected chi connectivity index (χ1v) is 9.21. The summed E-state index contributed by atoms with van der Waals surface area (Å²) in [6.07, 6.45) is 1.23. The number of rotatable bonds is 2. The van der Waals surface area contributed by atoms with Gasteiger partial charge >= 0.3 is 12.1 Å². The predicted octanol–water partition coefficient (Wildman–Crippen LogP) is 2.65. The van der Waals surface area contributed by atoms with Gasteiger partial charge in [0, 0.05) is 30.7 Å². The van der Waals surface area contributed by atoms with E-state index in [4.69, 9.17) is 4.74 Å². The van der Waals surface area contributed by atoms with Crippen LogP contribution in [0.15, 0.2) is 30.3 Å². The van der Waals surface area contributed by atoms with Crippen LogP contribution in [0, 0.1) is 0 Å². The van der Waals surface area contributed by atoms with Crippen molar-refractivity contribution in [1.29, 1.82) is 0 Å². The molecule has 0 bridgehead atoms. The molecule has 26 heavy (non-hydrogen) atoms. The Morgan fingerprint density at radius 3 is 2.85 bits per heavy atom. The maximum absolute atomic E-state index is 12.8. The first-order valence-electron chi connectivity index (χ1n) is 8.44. The SMILES string of the molecule is CN1C[C@]2(CCCN(C(=O)Nc3snnc3-c3ccccc3)C2)OC1=O. The third-order valence-electron chi connectivity index (χ3n) is 4.72. The minimum absolute atomic E-state index is 0.224. The standard InChI is InChI=1S/C17H19N5O3S/c1-21-10-17(25-16(21)24)8-5-9-22(11-17)15(23)18-14-13(19-20-26-14)12-6-3-2-4-7-12/h2-4,6-7H,5,8-11H2,1H3,(H,18,23)/t17-/m0/s1. The van der Waals surface area contributed by atoms with Crippen LogP contribution >= 0.6 is 11.5 Å². The molecular weight excluding hydrogens is 354 g/mol. The van der Waals surface area contributed by atoms with Crippen LogP contribution in [-0.2, 0) is 4.74 Å². The quantitative estimate of drug-likeness (QED) is 0.874. The highest BCUT2D eigenvalue weighted by atomic mass is 32.1. The zero-order valence-electron chi connectivity index (χ0n) is 14.3. The highest BCUT2D eigenvalue weighted by Gasteiger charge is 2.47. The number of urea groups is 1. The molecule has 9 heteroatoms. The second kappa shape index (κ2) is 6.56. The predicted molar refractivity (Wildman–Crippen MR) is 97.0 cm³/mol. The molecule has 2 aliphatic heterocycles. The van der Waals surface area contributed by atoms with Gasteiger partial charge in [-0.05, 0) is 12.8 Å². The van der Waals surface area contributed by atoms with Crippen molar-refractivity contribution in [3.63, 3.8) is 0 Å². The maximum atomic E-state index is 12.8. The molecule has 1 aromatic heterocycles. The second-order valence-corrected chi connectivity index (χ2v) is 7.43. The molecule has 2 fully saturated rings. The highest BCUT2D eigenvalue weighted by Crippen LogP contribution is 2.33. The average Bonchev–Trinajstić information content (AvgIpc) is 3.20. The largest absolute Gasteiger partial charge is 0.439 e. The zero-order valence-corrected chi connectivity index (χ0v) is 15.2. The van der Waals surface area contributed by atoms with E-state index < -0.39 is 5.60 Å². The minimum Gasteiger partial charge on any atom is -0.439 e. The smallest absolute Gasteiger partial charge is 0.410 e. The molecule has 0 unspecified atom stereocenters. The van der Waals surface area contributed by atoms with Crippen molar-refractivity contribution in [3.8, 4) is 11.3 Å².